The van der Waals surface area contributed by atoms with Gasteiger partial charge in [0.25, 0.3) is 5.91 Å². The Morgan fingerprint density at radius 3 is 2.64 bits per heavy atom. The fraction of sp³-hybridized carbons (Fsp3) is 0.438. The predicted molar refractivity (Wildman–Crippen MR) is 94.2 cm³/mol. The van der Waals surface area contributed by atoms with Crippen LogP contribution in [-0.4, -0.2) is 51.9 Å². The van der Waals surface area contributed by atoms with Gasteiger partial charge in [0.1, 0.15) is 11.4 Å². The van der Waals surface area contributed by atoms with Crippen LogP contribution in [0.25, 0.3) is 0 Å². The molecule has 136 valence electrons. The number of amides is 1. The third-order valence-electron chi connectivity index (χ3n) is 4.69. The Hall–Kier alpha value is -1.94. The van der Waals surface area contributed by atoms with E-state index < -0.39 is 11.4 Å². The monoisotopic (exact) mass is 365 g/mol. The molecule has 3 unspecified atom stereocenters. The van der Waals surface area contributed by atoms with Crippen LogP contribution in [-0.2, 0) is 16.2 Å². The highest BCUT2D eigenvalue weighted by Crippen LogP contribution is 2.36. The van der Waals surface area contributed by atoms with Gasteiger partial charge in [-0.05, 0) is 25.0 Å². The number of carbonyl (C=O) groups is 1. The molecule has 0 aromatic heterocycles. The maximum absolute atomic E-state index is 13.1. The zero-order valence-electron chi connectivity index (χ0n) is 14.1. The first-order valence-corrected chi connectivity index (χ1v) is 9.21. The quantitative estimate of drug-likeness (QED) is 0.282. The molecular formula is C16H23N5O3S. The maximum atomic E-state index is 13.1. The molecule has 5 N–H and O–H groups in total. The third-order valence-corrected chi connectivity index (χ3v) is 6.33. The van der Waals surface area contributed by atoms with E-state index in [1.807, 2.05) is 22.5 Å². The van der Waals surface area contributed by atoms with E-state index in [1.54, 1.807) is 18.1 Å². The van der Waals surface area contributed by atoms with Gasteiger partial charge in [-0.3, -0.25) is 10.6 Å². The van der Waals surface area contributed by atoms with E-state index in [-0.39, 0.29) is 23.7 Å². The van der Waals surface area contributed by atoms with Gasteiger partial charge in [0.15, 0.2) is 4.90 Å². The smallest absolute Gasteiger partial charge is 0.272 e. The number of hydrogen-bond acceptors (Lipinski definition) is 7. The lowest BCUT2D eigenvalue weighted by Gasteiger charge is -2.39. The predicted octanol–water partition coefficient (Wildman–Crippen LogP) is -0.344. The molecule has 8 nitrogen and oxygen atoms in total. The van der Waals surface area contributed by atoms with Crippen molar-refractivity contribution in [2.75, 3.05) is 20.2 Å². The van der Waals surface area contributed by atoms with Crippen molar-refractivity contribution in [3.63, 3.8) is 0 Å². The van der Waals surface area contributed by atoms with E-state index in [2.05, 4.69) is 5.43 Å². The number of methoxy groups -OCH3 is 1. The van der Waals surface area contributed by atoms with Gasteiger partial charge in [-0.1, -0.05) is 6.07 Å². The fourth-order valence-electron chi connectivity index (χ4n) is 3.48. The Morgan fingerprint density at radius 1 is 1.40 bits per heavy atom. The molecule has 3 rings (SSSR count). The lowest BCUT2D eigenvalue weighted by molar-refractivity contribution is -0.129. The number of hydrogen-bond donors (Lipinski definition) is 3. The van der Waals surface area contributed by atoms with Crippen molar-refractivity contribution in [1.82, 2.24) is 14.6 Å². The fourth-order valence-corrected chi connectivity index (χ4v) is 5.02. The number of nitrogens with one attached hydrogen (secondary N) is 1. The van der Waals surface area contributed by atoms with Gasteiger partial charge in [-0.25, -0.2) is 0 Å². The Bertz CT molecular complexity index is 657. The van der Waals surface area contributed by atoms with Gasteiger partial charge in [-0.2, -0.15) is 0 Å². The number of nitrogens with zero attached hydrogens (tertiary/aromatic N) is 2. The Balaban J connectivity index is 1.75. The van der Waals surface area contributed by atoms with Gasteiger partial charge in [-0.15, -0.1) is 4.31 Å². The normalized spacial score (nSPS) is 24.9. The summed E-state index contributed by atoms with van der Waals surface area (Å²) >= 11 is -1.29. The molecule has 2 heterocycles. The lowest BCUT2D eigenvalue weighted by atomic mass is 10.2. The van der Waals surface area contributed by atoms with Crippen LogP contribution in [0.1, 0.15) is 12.8 Å². The highest BCUT2D eigenvalue weighted by atomic mass is 32.2. The van der Waals surface area contributed by atoms with Crippen LogP contribution >= 0.6 is 0 Å². The first-order chi connectivity index (χ1) is 12.1. The summed E-state index contributed by atoms with van der Waals surface area (Å²) in [6.45, 7) is 1.01. The maximum Gasteiger partial charge on any atom is 0.272 e. The molecule has 9 heteroatoms. The van der Waals surface area contributed by atoms with Crippen molar-refractivity contribution < 1.29 is 14.1 Å². The summed E-state index contributed by atoms with van der Waals surface area (Å²) in [5.74, 6) is 5.79. The largest absolute Gasteiger partial charge is 0.593 e. The number of likely N-dealkylation sites (tertiary alicyclic amines) is 1. The van der Waals surface area contributed by atoms with Gasteiger partial charge < -0.3 is 25.3 Å². The van der Waals surface area contributed by atoms with Crippen LogP contribution < -0.4 is 21.7 Å². The Kier molecular flexibility index (Phi) is 5.38. The lowest BCUT2D eigenvalue weighted by Crippen LogP contribution is -2.57. The van der Waals surface area contributed by atoms with Crippen molar-refractivity contribution in [3.8, 4) is 5.75 Å². The van der Waals surface area contributed by atoms with E-state index in [0.29, 0.717) is 23.7 Å². The van der Waals surface area contributed by atoms with Crippen LogP contribution in [0.4, 0.5) is 0 Å². The summed E-state index contributed by atoms with van der Waals surface area (Å²) in [4.78, 5) is 14.9. The van der Waals surface area contributed by atoms with E-state index >= 15 is 0 Å². The number of rotatable bonds is 5. The van der Waals surface area contributed by atoms with Gasteiger partial charge in [0.05, 0.1) is 30.6 Å². The first-order valence-electron chi connectivity index (χ1n) is 8.11. The molecule has 0 radical (unpaired) electrons. The summed E-state index contributed by atoms with van der Waals surface area (Å²) in [5, 5.41) is 0. The highest BCUT2D eigenvalue weighted by Gasteiger charge is 2.48. The summed E-state index contributed by atoms with van der Waals surface area (Å²) in [5.41, 5.74) is 7.93. The molecule has 1 amide bonds. The number of piperazine rings is 1. The molecule has 0 spiro atoms. The molecule has 0 aliphatic carbocycles. The number of benzene rings is 1. The van der Waals surface area contributed by atoms with Crippen molar-refractivity contribution in [2.45, 2.75) is 29.8 Å². The minimum absolute atomic E-state index is 0.0477. The molecule has 25 heavy (non-hydrogen) atoms. The van der Waals surface area contributed by atoms with E-state index in [9.17, 15) is 9.35 Å². The molecule has 3 atom stereocenters. The summed E-state index contributed by atoms with van der Waals surface area (Å²) < 4.78 is 20.3. The van der Waals surface area contributed by atoms with Crippen LogP contribution in [0.15, 0.2) is 41.1 Å². The summed E-state index contributed by atoms with van der Waals surface area (Å²) in [7, 11) is 1.59. The second kappa shape index (κ2) is 7.52. The van der Waals surface area contributed by atoms with Crippen LogP contribution in [0.2, 0.25) is 0 Å². The van der Waals surface area contributed by atoms with Gasteiger partial charge in [0.2, 0.25) is 0 Å². The molecule has 1 aromatic carbocycles. The second-order valence-corrected chi connectivity index (χ2v) is 7.50. The van der Waals surface area contributed by atoms with Crippen LogP contribution in [0.5, 0.6) is 5.75 Å². The summed E-state index contributed by atoms with van der Waals surface area (Å²) in [6, 6.07) is 7.38. The molecule has 2 saturated heterocycles. The number of carbonyl (C=O) groups excluding carboxylic acids is 1. The third kappa shape index (κ3) is 3.40. The second-order valence-electron chi connectivity index (χ2n) is 6.11. The van der Waals surface area contributed by atoms with E-state index in [1.165, 1.54) is 6.20 Å². The molecule has 2 fully saturated rings. The topological polar surface area (TPSA) is 120 Å². The van der Waals surface area contributed by atoms with E-state index in [4.69, 9.17) is 16.3 Å². The number of hydrazine groups is 1. The van der Waals surface area contributed by atoms with Crippen molar-refractivity contribution in [2.24, 2.45) is 11.6 Å². The van der Waals surface area contributed by atoms with Crippen molar-refractivity contribution >= 4 is 17.3 Å². The Morgan fingerprint density at radius 2 is 2.08 bits per heavy atom. The number of nitrogens with two attached hydrogens (primary N) is 2. The first kappa shape index (κ1) is 17.9. The highest BCUT2D eigenvalue weighted by molar-refractivity contribution is 7.89. The molecule has 2 bridgehead atoms. The number of ether oxygens (including phenoxy) is 1. The standard InChI is InChI=1S/C16H23N5O3S/c1-24-13-3-2-4-14(7-13)25(23)21-11-5-6-12(21)10-20(9-11)16(22)15(8-17)19-18/h2-4,7-8,11-12,19H,5-6,9-10,17-18H2,1H3/b15-8-. The zero-order valence-corrected chi connectivity index (χ0v) is 14.9. The van der Waals surface area contributed by atoms with Gasteiger partial charge >= 0.3 is 0 Å². The van der Waals surface area contributed by atoms with Gasteiger partial charge in [0, 0.05) is 25.4 Å². The minimum atomic E-state index is -1.29. The van der Waals surface area contributed by atoms with Crippen molar-refractivity contribution in [1.29, 1.82) is 0 Å². The van der Waals surface area contributed by atoms with Crippen LogP contribution in [0.3, 0.4) is 0 Å². The average molecular weight is 365 g/mol. The van der Waals surface area contributed by atoms with Crippen LogP contribution in [0, 0.1) is 0 Å². The zero-order chi connectivity index (χ0) is 18.0. The summed E-state index contributed by atoms with van der Waals surface area (Å²) in [6.07, 6.45) is 2.98. The number of fused-ring (bicyclic) bond motifs is 2. The molecule has 2 aliphatic rings. The molecular weight excluding hydrogens is 342 g/mol. The minimum Gasteiger partial charge on any atom is -0.593 e. The molecule has 0 saturated carbocycles. The van der Waals surface area contributed by atoms with E-state index in [0.717, 1.165) is 12.8 Å². The molecule has 2 aliphatic heterocycles. The SMILES string of the molecule is COc1cccc([S+]([O-])N2C3CCC2CN(C(=O)/C(=C/N)NN)C3)c1. The molecule has 1 aromatic rings. The van der Waals surface area contributed by atoms with Crippen molar-refractivity contribution in [3.05, 3.63) is 36.2 Å². The average Bonchev–Trinajstić information content (AvgIpc) is 2.91. The Labute approximate surface area is 150 Å².